The smallest absolute Gasteiger partial charge is 0.271 e. The van der Waals surface area contributed by atoms with Gasteiger partial charge in [0, 0.05) is 74.5 Å². The van der Waals surface area contributed by atoms with Gasteiger partial charge in [0.1, 0.15) is 26.4 Å². The molecule has 0 atom stereocenters. The minimum atomic E-state index is -0.182. The molecule has 5 aliphatic rings. The van der Waals surface area contributed by atoms with Crippen LogP contribution in [0.25, 0.3) is 5.70 Å². The molecule has 8 aromatic carbocycles. The first-order valence-corrected chi connectivity index (χ1v) is 40.4. The maximum Gasteiger partial charge on any atom is 0.271 e. The van der Waals surface area contributed by atoms with Gasteiger partial charge in [-0.15, -0.1) is 34.0 Å². The fourth-order valence-corrected chi connectivity index (χ4v) is 16.1. The molecule has 11 aromatic rings. The number of amides is 2. The van der Waals surface area contributed by atoms with Crippen LogP contribution in [0, 0.1) is 20.8 Å². The number of carbonyl (C=O) groups is 2. The Morgan fingerprint density at radius 2 is 0.703 bits per heavy atom. The molecule has 0 unspecified atom stereocenters. The Kier molecular flexibility index (Phi) is 25.4. The van der Waals surface area contributed by atoms with E-state index < -0.39 is 0 Å². The van der Waals surface area contributed by atoms with Crippen molar-refractivity contribution in [2.24, 2.45) is 0 Å². The number of aromatic nitrogens is 3. The van der Waals surface area contributed by atoms with Gasteiger partial charge in [-0.25, -0.2) is 15.0 Å². The summed E-state index contributed by atoms with van der Waals surface area (Å²) in [6.07, 6.45) is 5.81. The summed E-state index contributed by atoms with van der Waals surface area (Å²) in [6, 6.07) is 59.1. The van der Waals surface area contributed by atoms with E-state index in [0.717, 1.165) is 142 Å². The van der Waals surface area contributed by atoms with Gasteiger partial charge in [-0.3, -0.25) is 24.3 Å². The van der Waals surface area contributed by atoms with Crippen LogP contribution in [0.5, 0.6) is 46.0 Å². The third kappa shape index (κ3) is 21.7. The van der Waals surface area contributed by atoms with Gasteiger partial charge < -0.3 is 53.8 Å². The summed E-state index contributed by atoms with van der Waals surface area (Å²) < 4.78 is 43.8. The molecule has 111 heavy (non-hydrogen) atoms. The van der Waals surface area contributed by atoms with Crippen LogP contribution >= 0.6 is 34.0 Å². The zero-order valence-electron chi connectivity index (χ0n) is 63.8. The van der Waals surface area contributed by atoms with Gasteiger partial charge in [-0.05, 0) is 138 Å². The minimum Gasteiger partial charge on any atom is -0.454 e. The second-order valence-corrected chi connectivity index (χ2v) is 32.6. The van der Waals surface area contributed by atoms with E-state index in [1.807, 2.05) is 59.3 Å². The molecule has 574 valence electrons. The number of hydrogen-bond acceptors (Lipinski definition) is 20. The van der Waals surface area contributed by atoms with Crippen LogP contribution in [0.3, 0.4) is 0 Å². The van der Waals surface area contributed by atoms with Crippen LogP contribution in [0.4, 0.5) is 0 Å². The number of carbonyl (C=O) groups excluding carboxylic acids is 2. The summed E-state index contributed by atoms with van der Waals surface area (Å²) in [5.74, 6) is 5.97. The zero-order chi connectivity index (χ0) is 76.6. The molecule has 0 saturated heterocycles. The van der Waals surface area contributed by atoms with Gasteiger partial charge in [-0.1, -0.05) is 185 Å². The van der Waals surface area contributed by atoms with Gasteiger partial charge in [0.15, 0.2) is 46.0 Å². The number of nitrogens with zero attached hydrogens (tertiary/aromatic N) is 6. The van der Waals surface area contributed by atoms with Crippen molar-refractivity contribution in [1.29, 1.82) is 0 Å². The Morgan fingerprint density at radius 3 is 1.10 bits per heavy atom. The molecular weight excluding hydrogens is 1450 g/mol. The highest BCUT2D eigenvalue weighted by Crippen LogP contribution is 2.37. The van der Waals surface area contributed by atoms with E-state index in [0.29, 0.717) is 43.3 Å². The van der Waals surface area contributed by atoms with Crippen molar-refractivity contribution >= 4 is 51.5 Å². The number of ether oxygens (including phenoxy) is 8. The van der Waals surface area contributed by atoms with Crippen LogP contribution < -0.4 is 53.8 Å². The summed E-state index contributed by atoms with van der Waals surface area (Å²) in [4.78, 5) is 47.0. The van der Waals surface area contributed by atoms with Crippen molar-refractivity contribution in [3.8, 4) is 46.0 Å². The number of thiazole rings is 3. The monoisotopic (exact) mass is 1550 g/mol. The van der Waals surface area contributed by atoms with Crippen molar-refractivity contribution in [3.63, 3.8) is 0 Å². The van der Waals surface area contributed by atoms with Gasteiger partial charge in [0.25, 0.3) is 11.8 Å². The van der Waals surface area contributed by atoms with E-state index in [4.69, 9.17) is 47.9 Å². The number of rotatable bonds is 27. The van der Waals surface area contributed by atoms with Crippen molar-refractivity contribution in [2.75, 3.05) is 27.2 Å². The number of benzene rings is 8. The summed E-state index contributed by atoms with van der Waals surface area (Å²) in [7, 11) is 0. The largest absolute Gasteiger partial charge is 0.454 e. The Morgan fingerprint density at radius 1 is 0.387 bits per heavy atom. The summed E-state index contributed by atoms with van der Waals surface area (Å²) in [5, 5.41) is 18.2. The first kappa shape index (κ1) is 77.1. The molecule has 16 rings (SSSR count). The zero-order valence-corrected chi connectivity index (χ0v) is 66.3. The molecule has 1 aliphatic carbocycles. The molecule has 22 heteroatoms. The van der Waals surface area contributed by atoms with Crippen molar-refractivity contribution < 1.29 is 47.5 Å². The average Bonchev–Trinajstić information content (AvgIpc) is 1.85. The Labute approximate surface area is 662 Å². The van der Waals surface area contributed by atoms with Crippen LogP contribution in [0.1, 0.15) is 161 Å². The van der Waals surface area contributed by atoms with Gasteiger partial charge in [0.2, 0.25) is 27.2 Å². The topological polar surface area (TPSA) is 192 Å². The molecule has 0 bridgehead atoms. The van der Waals surface area contributed by atoms with E-state index in [1.165, 1.54) is 80.7 Å². The van der Waals surface area contributed by atoms with Crippen molar-refractivity contribution in [3.05, 3.63) is 291 Å². The standard InChI is InChI=1S/C32H35N3O3S.C30H29N3O4S.C27H31N3O3S/c1-22-5-7-23(8-6-22)17-35(18-24-9-12-26(13-10-24)32(2,3)4)19-30-34-27(20-39-30)31(36)33-16-25-11-14-28-29(15-25)38-21-37-28;1-20-3-5-22(6-4-20)14-33(15-24-8-10-27-29(12-24)37-19-35-27)16-30-32-25(17-38-30)21(2)31-13-23-7-9-26-28(11-23)36-18-34-26;1-19-7-9-20(10-8-19)14-30(15-21-11-12-24-25(13-21)33-18-32-24)16-26-29-23(17-34-26)27(31)28-22-5-3-2-4-6-22/h5-15,20H,16-19,21H2,1-4H3,(H,33,36);3-12,17,31H,2,13-16,18-19H2,1H3;7-13,17,22H,2-6,14-16,18H2,1H3,(H,28,31). The van der Waals surface area contributed by atoms with E-state index in [9.17, 15) is 9.59 Å². The molecule has 19 nitrogen and oxygen atoms in total. The highest BCUT2D eigenvalue weighted by molar-refractivity contribution is 7.10. The number of nitrogens with one attached hydrogen (secondary N) is 3. The molecule has 2 amide bonds. The Bertz CT molecular complexity index is 4980. The Hall–Kier alpha value is -10.6. The fraction of sp³-hybridized carbons (Fsp3) is 0.315. The maximum atomic E-state index is 12.8. The molecule has 3 N–H and O–H groups in total. The first-order chi connectivity index (χ1) is 53.9. The summed E-state index contributed by atoms with van der Waals surface area (Å²) in [5.41, 5.74) is 17.2. The third-order valence-corrected chi connectivity index (χ3v) is 22.3. The number of hydrogen-bond donors (Lipinski definition) is 3. The molecular formula is C89H95N9O10S3. The number of aryl methyl sites for hydroxylation is 3. The predicted molar refractivity (Wildman–Crippen MR) is 436 cm³/mol. The lowest BCUT2D eigenvalue weighted by molar-refractivity contribution is 0.0920. The SMILES string of the molecule is C=C(NCc1ccc2c(c1)OCO2)c1csc(CN(Cc2ccc(C)cc2)Cc2ccc3c(c2)OCO3)n1.Cc1ccc(CN(Cc2ccc(C(C)(C)C)cc2)Cc2nc(C(=O)NCc3ccc4c(c3)OCO4)cs2)cc1.Cc1ccc(CN(Cc2ccc3c(c2)OCO3)Cc2nc(C(=O)NC3CCCCC3)cs2)cc1. The Balaban J connectivity index is 0.000000139. The number of fused-ring (bicyclic) bond motifs is 4. The van der Waals surface area contributed by atoms with Crippen molar-refractivity contribution in [2.45, 2.75) is 157 Å². The molecule has 0 spiro atoms. The van der Waals surface area contributed by atoms with Crippen LogP contribution in [0.15, 0.2) is 193 Å². The summed E-state index contributed by atoms with van der Waals surface area (Å²) >= 11 is 4.73. The molecule has 1 fully saturated rings. The first-order valence-electron chi connectivity index (χ1n) is 37.8. The highest BCUT2D eigenvalue weighted by Gasteiger charge is 2.25. The van der Waals surface area contributed by atoms with Crippen LogP contribution in [-0.2, 0) is 77.4 Å². The lowest BCUT2D eigenvalue weighted by Crippen LogP contribution is -2.36. The lowest BCUT2D eigenvalue weighted by atomic mass is 9.87. The lowest BCUT2D eigenvalue weighted by Gasteiger charge is -2.23. The van der Waals surface area contributed by atoms with E-state index >= 15 is 0 Å². The van der Waals surface area contributed by atoms with E-state index in [2.05, 4.69) is 210 Å². The minimum absolute atomic E-state index is 0.0461. The molecule has 1 saturated carbocycles. The predicted octanol–water partition coefficient (Wildman–Crippen LogP) is 17.9. The highest BCUT2D eigenvalue weighted by atomic mass is 32.1. The fourth-order valence-electron chi connectivity index (χ4n) is 13.6. The second-order valence-electron chi connectivity index (χ2n) is 29.8. The maximum absolute atomic E-state index is 12.8. The van der Waals surface area contributed by atoms with Gasteiger partial charge in [0.05, 0.1) is 31.0 Å². The average molecular weight is 1550 g/mol. The summed E-state index contributed by atoms with van der Waals surface area (Å²) in [6.45, 7) is 26.1. The van der Waals surface area contributed by atoms with E-state index in [-0.39, 0.29) is 50.4 Å². The molecule has 7 heterocycles. The normalized spacial score (nSPS) is 13.7. The quantitative estimate of drug-likeness (QED) is 0.0440. The third-order valence-electron chi connectivity index (χ3n) is 19.8. The van der Waals surface area contributed by atoms with Crippen molar-refractivity contribution in [1.82, 2.24) is 45.6 Å². The van der Waals surface area contributed by atoms with Crippen LogP contribution in [0.2, 0.25) is 0 Å². The van der Waals surface area contributed by atoms with Gasteiger partial charge in [-0.2, -0.15) is 0 Å². The second kappa shape index (κ2) is 36.5. The molecule has 0 radical (unpaired) electrons. The van der Waals surface area contributed by atoms with Gasteiger partial charge >= 0.3 is 0 Å². The molecule has 3 aromatic heterocycles. The van der Waals surface area contributed by atoms with E-state index in [1.54, 1.807) is 22.7 Å². The van der Waals surface area contributed by atoms with Crippen LogP contribution in [-0.4, -0.2) is 74.7 Å². The molecule has 4 aliphatic heterocycles.